The highest BCUT2D eigenvalue weighted by Crippen LogP contribution is 1.74. The Balaban J connectivity index is 3.80. The predicted octanol–water partition coefficient (Wildman–Crippen LogP) is 0.735. The monoisotopic (exact) mass is 137 g/mol. The van der Waals surface area contributed by atoms with Crippen LogP contribution in [0.2, 0.25) is 0 Å². The van der Waals surface area contributed by atoms with E-state index in [1.807, 2.05) is 0 Å². The summed E-state index contributed by atoms with van der Waals surface area (Å²) < 4.78 is 0. The molecule has 0 bridgehead atoms. The second kappa shape index (κ2) is 5.75. The van der Waals surface area contributed by atoms with E-state index in [4.69, 9.17) is 11.1 Å². The number of rotatable bonds is 4. The fourth-order valence-corrected chi connectivity index (χ4v) is 0.370. The highest BCUT2D eigenvalue weighted by atomic mass is 14.8. The fourth-order valence-electron chi connectivity index (χ4n) is 0.370. The van der Waals surface area contributed by atoms with Gasteiger partial charge < -0.3 is 11.1 Å². The lowest BCUT2D eigenvalue weighted by atomic mass is 10.4. The van der Waals surface area contributed by atoms with Gasteiger partial charge in [0.1, 0.15) is 5.84 Å². The third-order valence-electron chi connectivity index (χ3n) is 0.768. The van der Waals surface area contributed by atoms with Crippen LogP contribution in [0.15, 0.2) is 29.8 Å². The van der Waals surface area contributed by atoms with Crippen LogP contribution < -0.4 is 5.73 Å². The van der Waals surface area contributed by atoms with Gasteiger partial charge in [-0.05, 0) is 6.08 Å². The van der Waals surface area contributed by atoms with Crippen molar-refractivity contribution in [3.05, 3.63) is 24.8 Å². The number of nitrogens with one attached hydrogen (secondary N) is 1. The summed E-state index contributed by atoms with van der Waals surface area (Å²) in [4.78, 5) is 3.80. The molecule has 0 spiro atoms. The van der Waals surface area contributed by atoms with E-state index >= 15 is 0 Å². The van der Waals surface area contributed by atoms with Crippen molar-refractivity contribution in [2.24, 2.45) is 10.7 Å². The normalized spacial score (nSPS) is 11.8. The van der Waals surface area contributed by atoms with Crippen LogP contribution >= 0.6 is 0 Å². The van der Waals surface area contributed by atoms with Crippen LogP contribution in [-0.2, 0) is 0 Å². The quantitative estimate of drug-likeness (QED) is 0.335. The number of nitrogens with two attached hydrogens (primary N) is 1. The molecule has 0 aliphatic carbocycles. The van der Waals surface area contributed by atoms with Crippen LogP contribution in [0.4, 0.5) is 0 Å². The molecular formula is C7H11N3. The maximum Gasteiger partial charge on any atom is 0.118 e. The lowest BCUT2D eigenvalue weighted by Gasteiger charge is -1.86. The van der Waals surface area contributed by atoms with Crippen molar-refractivity contribution in [2.45, 2.75) is 0 Å². The van der Waals surface area contributed by atoms with Crippen LogP contribution in [0.1, 0.15) is 0 Å². The summed E-state index contributed by atoms with van der Waals surface area (Å²) in [5.41, 5.74) is 5.36. The van der Waals surface area contributed by atoms with Gasteiger partial charge in [0.25, 0.3) is 0 Å². The predicted molar refractivity (Wildman–Crippen MR) is 44.6 cm³/mol. The van der Waals surface area contributed by atoms with Crippen LogP contribution in [0, 0.1) is 5.41 Å². The van der Waals surface area contributed by atoms with Crippen LogP contribution in [0.5, 0.6) is 0 Å². The molecule has 0 unspecified atom stereocenters. The Morgan fingerprint density at radius 1 is 1.70 bits per heavy atom. The van der Waals surface area contributed by atoms with Gasteiger partial charge in [-0.3, -0.25) is 4.99 Å². The average molecular weight is 137 g/mol. The number of hydrogen-bond acceptors (Lipinski definition) is 2. The SMILES string of the molecule is C=C/C=C\C(N)=NCC=N. The summed E-state index contributed by atoms with van der Waals surface area (Å²) in [6.45, 7) is 3.81. The second-order valence-electron chi connectivity index (χ2n) is 1.56. The first-order chi connectivity index (χ1) is 4.81. The first-order valence-corrected chi connectivity index (χ1v) is 2.89. The minimum atomic E-state index is 0.341. The Labute approximate surface area is 60.5 Å². The van der Waals surface area contributed by atoms with Crippen molar-refractivity contribution < 1.29 is 0 Å². The Morgan fingerprint density at radius 3 is 2.90 bits per heavy atom. The number of aliphatic imine (C=N–C) groups is 1. The maximum absolute atomic E-state index is 6.64. The second-order valence-corrected chi connectivity index (χ2v) is 1.56. The van der Waals surface area contributed by atoms with Gasteiger partial charge in [0.15, 0.2) is 0 Å². The van der Waals surface area contributed by atoms with E-state index in [1.54, 1.807) is 18.2 Å². The summed E-state index contributed by atoms with van der Waals surface area (Å²) in [7, 11) is 0. The van der Waals surface area contributed by atoms with Gasteiger partial charge >= 0.3 is 0 Å². The molecule has 0 radical (unpaired) electrons. The molecule has 0 fully saturated rings. The Bertz CT molecular complexity index is 168. The lowest BCUT2D eigenvalue weighted by molar-refractivity contribution is 1.28. The molecule has 0 rings (SSSR count). The van der Waals surface area contributed by atoms with E-state index in [-0.39, 0.29) is 0 Å². The van der Waals surface area contributed by atoms with Crippen molar-refractivity contribution in [3.63, 3.8) is 0 Å². The third kappa shape index (κ3) is 4.77. The van der Waals surface area contributed by atoms with Crippen molar-refractivity contribution in [1.29, 1.82) is 5.41 Å². The zero-order valence-electron chi connectivity index (χ0n) is 5.75. The molecule has 0 aliphatic rings. The van der Waals surface area contributed by atoms with Gasteiger partial charge in [-0.1, -0.05) is 18.7 Å². The molecule has 54 valence electrons. The standard InChI is InChI=1S/C7H11N3/c1-2-3-4-7(9)10-6-5-8/h2-5,8H,1,6H2,(H2,9,10)/b4-3-,8-5?. The number of hydrogen-bond donors (Lipinski definition) is 2. The molecule has 3 N–H and O–H groups in total. The van der Waals surface area contributed by atoms with E-state index in [1.165, 1.54) is 6.21 Å². The molecule has 0 aromatic rings. The zero-order chi connectivity index (χ0) is 7.82. The van der Waals surface area contributed by atoms with Gasteiger partial charge in [-0.15, -0.1) is 0 Å². The summed E-state index contributed by atoms with van der Waals surface area (Å²) in [6, 6.07) is 0. The summed E-state index contributed by atoms with van der Waals surface area (Å²) in [6.07, 6.45) is 6.14. The largest absolute Gasteiger partial charge is 0.384 e. The molecule has 0 saturated carbocycles. The van der Waals surface area contributed by atoms with E-state index in [2.05, 4.69) is 11.6 Å². The van der Waals surface area contributed by atoms with Crippen LogP contribution in [-0.4, -0.2) is 18.6 Å². The van der Waals surface area contributed by atoms with Gasteiger partial charge in [0.2, 0.25) is 0 Å². The molecule has 0 atom stereocenters. The van der Waals surface area contributed by atoms with Crippen molar-refractivity contribution >= 4 is 12.1 Å². The van der Waals surface area contributed by atoms with Gasteiger partial charge in [-0.25, -0.2) is 0 Å². The molecule has 0 aliphatic heterocycles. The van der Waals surface area contributed by atoms with E-state index < -0.39 is 0 Å². The molecule has 0 aromatic carbocycles. The van der Waals surface area contributed by atoms with Gasteiger partial charge in [0.05, 0.1) is 6.54 Å². The fraction of sp³-hybridized carbons (Fsp3) is 0.143. The molecule has 0 heterocycles. The number of nitrogens with zero attached hydrogens (tertiary/aromatic N) is 1. The van der Waals surface area contributed by atoms with E-state index in [9.17, 15) is 0 Å². The first kappa shape index (κ1) is 8.62. The Hall–Kier alpha value is -1.38. The van der Waals surface area contributed by atoms with Gasteiger partial charge in [-0.2, -0.15) is 0 Å². The summed E-state index contributed by atoms with van der Waals surface area (Å²) >= 11 is 0. The van der Waals surface area contributed by atoms with Crippen molar-refractivity contribution in [2.75, 3.05) is 6.54 Å². The zero-order valence-corrected chi connectivity index (χ0v) is 5.75. The topological polar surface area (TPSA) is 62.2 Å². The maximum atomic E-state index is 6.64. The van der Waals surface area contributed by atoms with Crippen molar-refractivity contribution in [1.82, 2.24) is 0 Å². The summed E-state index contributed by atoms with van der Waals surface area (Å²) in [5.74, 6) is 0.420. The minimum absolute atomic E-state index is 0.341. The van der Waals surface area contributed by atoms with Crippen molar-refractivity contribution in [3.8, 4) is 0 Å². The molecule has 3 nitrogen and oxygen atoms in total. The highest BCUT2D eigenvalue weighted by molar-refractivity contribution is 5.92. The molecule has 0 saturated heterocycles. The average Bonchev–Trinajstić information content (AvgIpc) is 1.97. The van der Waals surface area contributed by atoms with E-state index in [0.29, 0.717) is 12.4 Å². The summed E-state index contributed by atoms with van der Waals surface area (Å²) in [5, 5.41) is 6.64. The Kier molecular flexibility index (Phi) is 4.96. The van der Waals surface area contributed by atoms with E-state index in [0.717, 1.165) is 0 Å². The number of allylic oxidation sites excluding steroid dienone is 2. The molecule has 0 amide bonds. The smallest absolute Gasteiger partial charge is 0.118 e. The van der Waals surface area contributed by atoms with Crippen LogP contribution in [0.25, 0.3) is 0 Å². The third-order valence-corrected chi connectivity index (χ3v) is 0.768. The first-order valence-electron chi connectivity index (χ1n) is 2.89. The molecule has 3 heteroatoms. The molecular weight excluding hydrogens is 126 g/mol. The Morgan fingerprint density at radius 2 is 2.40 bits per heavy atom. The van der Waals surface area contributed by atoms with Gasteiger partial charge in [0, 0.05) is 6.21 Å². The number of amidine groups is 1. The lowest BCUT2D eigenvalue weighted by Crippen LogP contribution is -2.08. The van der Waals surface area contributed by atoms with Crippen LogP contribution in [0.3, 0.4) is 0 Å². The highest BCUT2D eigenvalue weighted by Gasteiger charge is 1.78. The minimum Gasteiger partial charge on any atom is -0.384 e. The molecule has 10 heavy (non-hydrogen) atoms. The molecule has 0 aromatic heterocycles.